The first-order valence-corrected chi connectivity index (χ1v) is 10.9. The van der Waals surface area contributed by atoms with Crippen LogP contribution in [-0.4, -0.2) is 63.3 Å². The molecule has 28 heavy (non-hydrogen) atoms. The van der Waals surface area contributed by atoms with E-state index in [0.717, 1.165) is 18.3 Å². The summed E-state index contributed by atoms with van der Waals surface area (Å²) in [6.07, 6.45) is 6.91. The van der Waals surface area contributed by atoms with Crippen LogP contribution in [0, 0.1) is 6.92 Å². The van der Waals surface area contributed by atoms with E-state index in [1.165, 1.54) is 63.3 Å². The van der Waals surface area contributed by atoms with Gasteiger partial charge in [-0.15, -0.1) is 0 Å². The van der Waals surface area contributed by atoms with Gasteiger partial charge in [-0.1, -0.05) is 30.3 Å². The molecule has 0 saturated carbocycles. The highest BCUT2D eigenvalue weighted by atomic mass is 16.3. The monoisotopic (exact) mass is 382 g/mol. The molecule has 3 heterocycles. The fourth-order valence-electron chi connectivity index (χ4n) is 5.00. The Morgan fingerprint density at radius 1 is 1.00 bits per heavy atom. The summed E-state index contributed by atoms with van der Waals surface area (Å²) in [7, 11) is 0. The number of aliphatic hydroxyl groups excluding tert-OH is 1. The van der Waals surface area contributed by atoms with Gasteiger partial charge in [0.05, 0.1) is 6.61 Å². The zero-order chi connectivity index (χ0) is 19.3. The number of hydrogen-bond acceptors (Lipinski definition) is 4. The number of likely N-dealkylation sites (tertiary alicyclic amines) is 2. The van der Waals surface area contributed by atoms with Crippen molar-refractivity contribution in [1.82, 2.24) is 19.4 Å². The lowest BCUT2D eigenvalue weighted by Crippen LogP contribution is -2.47. The molecule has 0 radical (unpaired) electrons. The normalized spacial score (nSPS) is 20.6. The average molecular weight is 383 g/mol. The largest absolute Gasteiger partial charge is 0.395 e. The van der Waals surface area contributed by atoms with Crippen molar-refractivity contribution < 1.29 is 5.11 Å². The first kappa shape index (κ1) is 19.6. The molecule has 1 N–H and O–H groups in total. The Morgan fingerprint density at radius 2 is 1.71 bits per heavy atom. The predicted molar refractivity (Wildman–Crippen MR) is 112 cm³/mol. The second-order valence-corrected chi connectivity index (χ2v) is 8.44. The molecule has 1 aromatic carbocycles. The molecule has 0 bridgehead atoms. The first-order valence-electron chi connectivity index (χ1n) is 10.9. The van der Waals surface area contributed by atoms with Crippen LogP contribution >= 0.6 is 0 Å². The van der Waals surface area contributed by atoms with Gasteiger partial charge >= 0.3 is 0 Å². The first-order chi connectivity index (χ1) is 13.7. The van der Waals surface area contributed by atoms with E-state index in [1.54, 1.807) is 0 Å². The highest BCUT2D eigenvalue weighted by Gasteiger charge is 2.30. The van der Waals surface area contributed by atoms with Crippen molar-refractivity contribution in [3.8, 4) is 0 Å². The number of aryl methyl sites for hydroxylation is 1. The number of rotatable bonds is 6. The Bertz CT molecular complexity index is 728. The molecule has 2 aliphatic rings. The number of piperidine rings is 2. The molecule has 0 aliphatic carbocycles. The molecule has 0 amide bonds. The van der Waals surface area contributed by atoms with Crippen LogP contribution in [0.15, 0.2) is 36.5 Å². The Labute approximate surface area is 169 Å². The Balaban J connectivity index is 1.26. The zero-order valence-electron chi connectivity index (χ0n) is 17.1. The Morgan fingerprint density at radius 3 is 2.39 bits per heavy atom. The maximum atomic E-state index is 9.35. The molecule has 2 saturated heterocycles. The van der Waals surface area contributed by atoms with Gasteiger partial charge in [-0.3, -0.25) is 4.90 Å². The maximum absolute atomic E-state index is 9.35. The second kappa shape index (κ2) is 9.21. The van der Waals surface area contributed by atoms with Crippen molar-refractivity contribution in [3.63, 3.8) is 0 Å². The quantitative estimate of drug-likeness (QED) is 0.834. The number of nitrogens with zero attached hydrogens (tertiary/aromatic N) is 4. The SMILES string of the molecule is Cc1cnc(C2CCN(C3CCN(Cc4ccccc4)CC3)CC2)n1CCO. The molecule has 0 atom stereocenters. The van der Waals surface area contributed by atoms with Crippen LogP contribution in [0.5, 0.6) is 0 Å². The Kier molecular flexibility index (Phi) is 6.45. The van der Waals surface area contributed by atoms with Crippen LogP contribution in [0.3, 0.4) is 0 Å². The lowest BCUT2D eigenvalue weighted by molar-refractivity contribution is 0.0833. The van der Waals surface area contributed by atoms with Gasteiger partial charge in [0.2, 0.25) is 0 Å². The van der Waals surface area contributed by atoms with Gasteiger partial charge in [0.15, 0.2) is 0 Å². The van der Waals surface area contributed by atoms with E-state index >= 15 is 0 Å². The zero-order valence-corrected chi connectivity index (χ0v) is 17.1. The lowest BCUT2D eigenvalue weighted by Gasteiger charge is -2.41. The van der Waals surface area contributed by atoms with E-state index in [2.05, 4.69) is 56.6 Å². The number of aromatic nitrogens is 2. The van der Waals surface area contributed by atoms with Crippen LogP contribution in [0.2, 0.25) is 0 Å². The van der Waals surface area contributed by atoms with Gasteiger partial charge in [0.1, 0.15) is 5.82 Å². The summed E-state index contributed by atoms with van der Waals surface area (Å²) >= 11 is 0. The van der Waals surface area contributed by atoms with Crippen LogP contribution in [0.25, 0.3) is 0 Å². The minimum absolute atomic E-state index is 0.185. The van der Waals surface area contributed by atoms with Gasteiger partial charge in [-0.05, 0) is 64.3 Å². The molecule has 0 unspecified atom stereocenters. The number of benzene rings is 1. The molecule has 4 rings (SSSR count). The van der Waals surface area contributed by atoms with Crippen molar-refractivity contribution in [2.24, 2.45) is 0 Å². The standard InChI is InChI=1S/C23H34N4O/c1-19-17-24-23(27(19)15-16-28)21-7-13-26(14-8-21)22-9-11-25(12-10-22)18-20-5-3-2-4-6-20/h2-6,17,21-22,28H,7-16,18H2,1H3. The summed E-state index contributed by atoms with van der Waals surface area (Å²) in [5.74, 6) is 1.72. The number of hydrogen-bond donors (Lipinski definition) is 1. The van der Waals surface area contributed by atoms with Crippen molar-refractivity contribution in [2.75, 3.05) is 32.8 Å². The summed E-state index contributed by atoms with van der Waals surface area (Å²) in [6, 6.07) is 11.6. The summed E-state index contributed by atoms with van der Waals surface area (Å²) in [5, 5.41) is 9.35. The molecular formula is C23H34N4O. The molecule has 5 nitrogen and oxygen atoms in total. The summed E-state index contributed by atoms with van der Waals surface area (Å²) < 4.78 is 2.21. The van der Waals surface area contributed by atoms with Crippen molar-refractivity contribution in [1.29, 1.82) is 0 Å². The summed E-state index contributed by atoms with van der Waals surface area (Å²) in [4.78, 5) is 10.0. The van der Waals surface area contributed by atoms with Gasteiger partial charge in [0, 0.05) is 36.9 Å². The highest BCUT2D eigenvalue weighted by Crippen LogP contribution is 2.30. The molecular weight excluding hydrogens is 348 g/mol. The second-order valence-electron chi connectivity index (χ2n) is 8.44. The van der Waals surface area contributed by atoms with E-state index in [0.29, 0.717) is 12.5 Å². The van der Waals surface area contributed by atoms with Crippen molar-refractivity contribution >= 4 is 0 Å². The highest BCUT2D eigenvalue weighted by molar-refractivity contribution is 5.14. The van der Waals surface area contributed by atoms with Crippen molar-refractivity contribution in [3.05, 3.63) is 53.6 Å². The van der Waals surface area contributed by atoms with E-state index in [4.69, 9.17) is 0 Å². The van der Waals surface area contributed by atoms with E-state index in [-0.39, 0.29) is 6.61 Å². The summed E-state index contributed by atoms with van der Waals surface area (Å²) in [6.45, 7) is 8.80. The number of aliphatic hydroxyl groups is 1. The molecule has 5 heteroatoms. The van der Waals surface area contributed by atoms with Gasteiger partial charge < -0.3 is 14.6 Å². The van der Waals surface area contributed by atoms with E-state index in [1.807, 2.05) is 6.20 Å². The third-order valence-electron chi connectivity index (χ3n) is 6.63. The van der Waals surface area contributed by atoms with Crippen LogP contribution < -0.4 is 0 Å². The molecule has 1 aromatic heterocycles. The summed E-state index contributed by atoms with van der Waals surface area (Å²) in [5.41, 5.74) is 2.59. The lowest BCUT2D eigenvalue weighted by atomic mass is 9.92. The van der Waals surface area contributed by atoms with Gasteiger partial charge in [-0.25, -0.2) is 4.98 Å². The molecule has 0 spiro atoms. The maximum Gasteiger partial charge on any atom is 0.112 e. The smallest absolute Gasteiger partial charge is 0.112 e. The predicted octanol–water partition coefficient (Wildman–Crippen LogP) is 3.03. The van der Waals surface area contributed by atoms with Crippen LogP contribution in [0.4, 0.5) is 0 Å². The molecule has 2 aromatic rings. The van der Waals surface area contributed by atoms with Gasteiger partial charge in [-0.2, -0.15) is 0 Å². The van der Waals surface area contributed by atoms with E-state index < -0.39 is 0 Å². The van der Waals surface area contributed by atoms with Crippen LogP contribution in [0.1, 0.15) is 48.7 Å². The van der Waals surface area contributed by atoms with Crippen molar-refractivity contribution in [2.45, 2.75) is 57.7 Å². The third kappa shape index (κ3) is 4.48. The number of imidazole rings is 1. The molecule has 152 valence electrons. The fourth-order valence-corrected chi connectivity index (χ4v) is 5.00. The topological polar surface area (TPSA) is 44.5 Å². The molecule has 2 aliphatic heterocycles. The van der Waals surface area contributed by atoms with E-state index in [9.17, 15) is 5.11 Å². The minimum atomic E-state index is 0.185. The van der Waals surface area contributed by atoms with Gasteiger partial charge in [0.25, 0.3) is 0 Å². The average Bonchev–Trinajstić information content (AvgIpc) is 3.10. The minimum Gasteiger partial charge on any atom is -0.395 e. The molecule has 2 fully saturated rings. The Hall–Kier alpha value is -1.69. The third-order valence-corrected chi connectivity index (χ3v) is 6.63. The fraction of sp³-hybridized carbons (Fsp3) is 0.609. The van der Waals surface area contributed by atoms with Crippen LogP contribution in [-0.2, 0) is 13.1 Å².